The Morgan fingerprint density at radius 2 is 1.61 bits per heavy atom. The van der Waals surface area contributed by atoms with Crippen LogP contribution in [0, 0.1) is 0 Å². The van der Waals surface area contributed by atoms with Gasteiger partial charge in [0.1, 0.15) is 5.75 Å². The quantitative estimate of drug-likeness (QED) is 0.570. The molecule has 1 aliphatic rings. The van der Waals surface area contributed by atoms with Gasteiger partial charge in [0.25, 0.3) is 0 Å². The van der Waals surface area contributed by atoms with Crippen molar-refractivity contribution in [3.05, 3.63) is 65.7 Å². The molecule has 0 bridgehead atoms. The van der Waals surface area contributed by atoms with Crippen LogP contribution >= 0.6 is 0 Å². The van der Waals surface area contributed by atoms with Gasteiger partial charge in [-0.2, -0.15) is 0 Å². The second-order valence-corrected chi connectivity index (χ2v) is 4.84. The first-order valence-corrected chi connectivity index (χ1v) is 6.11. The zero-order valence-corrected chi connectivity index (χ0v) is 10.9. The second-order valence-electron chi connectivity index (χ2n) is 4.84. The van der Waals surface area contributed by atoms with Crippen LogP contribution in [0.3, 0.4) is 0 Å². The van der Waals surface area contributed by atoms with Gasteiger partial charge < -0.3 is 5.11 Å². The zero-order valence-electron chi connectivity index (χ0n) is 10.9. The Labute approximate surface area is 108 Å². The third kappa shape index (κ3) is 2.45. The minimum Gasteiger partial charge on any atom is -0.508 e. The first-order chi connectivity index (χ1) is 8.59. The van der Waals surface area contributed by atoms with Gasteiger partial charge in [-0.25, -0.2) is 0 Å². The summed E-state index contributed by atoms with van der Waals surface area (Å²) in [5.41, 5.74) is 5.98. The van der Waals surface area contributed by atoms with E-state index in [-0.39, 0.29) is 0 Å². The fraction of sp³-hybridized carbons (Fsp3) is 0.176. The number of allylic oxidation sites excluding steroid dienone is 1. The smallest absolute Gasteiger partial charge is 0.119 e. The van der Waals surface area contributed by atoms with Crippen molar-refractivity contribution >= 4 is 0 Å². The topological polar surface area (TPSA) is 20.2 Å². The maximum absolute atomic E-state index is 9.70. The van der Waals surface area contributed by atoms with E-state index in [0.717, 1.165) is 12.0 Å². The molecular weight excluding hydrogens is 220 g/mol. The molecule has 0 aromatic heterocycles. The molecular formula is C17H18O. The summed E-state index contributed by atoms with van der Waals surface area (Å²) in [6.45, 7) is 7.50. The molecule has 0 radical (unpaired) electrons. The molecule has 0 unspecified atom stereocenters. The lowest BCUT2D eigenvalue weighted by molar-refractivity contribution is 0.470. The summed E-state index contributed by atoms with van der Waals surface area (Å²) in [5.74, 6) is 0.415. The molecule has 2 aromatic carbocycles. The molecule has 0 heterocycles. The van der Waals surface area contributed by atoms with Crippen LogP contribution < -0.4 is 0 Å². The summed E-state index contributed by atoms with van der Waals surface area (Å²) in [6.07, 6.45) is 0.859. The molecule has 0 fully saturated rings. The molecule has 2 aromatic rings. The first-order valence-electron chi connectivity index (χ1n) is 6.11. The standard InChI is InChI=1S/C13H10O.C4H8/c14-13-7-3-6-11-10-5-2-1-4-9(10)8-12(11)13;1-4(2)3/h1-7,14H,8H2;1H2,2-3H3. The average Bonchev–Trinajstić information content (AvgIpc) is 2.69. The van der Waals surface area contributed by atoms with Crippen LogP contribution in [0.1, 0.15) is 25.0 Å². The van der Waals surface area contributed by atoms with E-state index in [1.807, 2.05) is 32.0 Å². The number of fused-ring (bicyclic) bond motifs is 3. The lowest BCUT2D eigenvalue weighted by atomic mass is 10.1. The molecule has 1 N–H and O–H groups in total. The zero-order chi connectivity index (χ0) is 13.1. The Balaban J connectivity index is 0.000000267. The van der Waals surface area contributed by atoms with Crippen LogP contribution in [-0.2, 0) is 6.42 Å². The highest BCUT2D eigenvalue weighted by Gasteiger charge is 2.19. The van der Waals surface area contributed by atoms with Crippen molar-refractivity contribution in [3.8, 4) is 16.9 Å². The largest absolute Gasteiger partial charge is 0.508 e. The molecule has 1 nitrogen and oxygen atoms in total. The highest BCUT2D eigenvalue weighted by molar-refractivity contribution is 5.78. The number of phenolic OH excluding ortho intramolecular Hbond substituents is 1. The van der Waals surface area contributed by atoms with Crippen molar-refractivity contribution in [2.75, 3.05) is 0 Å². The lowest BCUT2D eigenvalue weighted by Gasteiger charge is -2.01. The van der Waals surface area contributed by atoms with Gasteiger partial charge >= 0.3 is 0 Å². The Morgan fingerprint density at radius 3 is 2.33 bits per heavy atom. The normalized spacial score (nSPS) is 11.0. The summed E-state index contributed by atoms with van der Waals surface area (Å²) in [6, 6.07) is 14.0. The van der Waals surface area contributed by atoms with Crippen molar-refractivity contribution in [1.29, 1.82) is 0 Å². The highest BCUT2D eigenvalue weighted by Crippen LogP contribution is 2.40. The summed E-state index contributed by atoms with van der Waals surface area (Å²) in [7, 11) is 0. The number of benzene rings is 2. The maximum Gasteiger partial charge on any atom is 0.119 e. The van der Waals surface area contributed by atoms with E-state index in [0.29, 0.717) is 5.75 Å². The van der Waals surface area contributed by atoms with E-state index in [4.69, 9.17) is 0 Å². The number of hydrogen-bond donors (Lipinski definition) is 1. The van der Waals surface area contributed by atoms with Gasteiger partial charge in [0.2, 0.25) is 0 Å². The number of hydrogen-bond acceptors (Lipinski definition) is 1. The van der Waals surface area contributed by atoms with Gasteiger partial charge in [-0.05, 0) is 36.6 Å². The monoisotopic (exact) mass is 238 g/mol. The van der Waals surface area contributed by atoms with Crippen molar-refractivity contribution < 1.29 is 5.11 Å². The summed E-state index contributed by atoms with van der Waals surface area (Å²) in [4.78, 5) is 0. The van der Waals surface area contributed by atoms with Gasteiger partial charge in [-0.3, -0.25) is 0 Å². The Morgan fingerprint density at radius 1 is 1.00 bits per heavy atom. The van der Waals surface area contributed by atoms with Gasteiger partial charge in [0, 0.05) is 12.0 Å². The third-order valence-corrected chi connectivity index (χ3v) is 2.83. The Bertz CT molecular complexity index is 578. The fourth-order valence-electron chi connectivity index (χ4n) is 2.14. The second kappa shape index (κ2) is 5.09. The molecule has 0 atom stereocenters. The van der Waals surface area contributed by atoms with Gasteiger partial charge in [-0.15, -0.1) is 6.58 Å². The first kappa shape index (κ1) is 12.4. The van der Waals surface area contributed by atoms with Crippen LogP contribution in [0.2, 0.25) is 0 Å². The van der Waals surface area contributed by atoms with Crippen LogP contribution in [-0.4, -0.2) is 5.11 Å². The predicted molar refractivity (Wildman–Crippen MR) is 76.8 cm³/mol. The van der Waals surface area contributed by atoms with Crippen LogP contribution in [0.4, 0.5) is 0 Å². The maximum atomic E-state index is 9.70. The van der Waals surface area contributed by atoms with E-state index < -0.39 is 0 Å². The Hall–Kier alpha value is -2.02. The van der Waals surface area contributed by atoms with Crippen molar-refractivity contribution in [2.45, 2.75) is 20.3 Å². The van der Waals surface area contributed by atoms with E-state index in [9.17, 15) is 5.11 Å². The molecule has 1 heteroatoms. The minimum absolute atomic E-state index is 0.415. The molecule has 3 rings (SSSR count). The van der Waals surface area contributed by atoms with Gasteiger partial charge in [0.15, 0.2) is 0 Å². The minimum atomic E-state index is 0.415. The van der Waals surface area contributed by atoms with E-state index >= 15 is 0 Å². The van der Waals surface area contributed by atoms with Crippen molar-refractivity contribution in [2.24, 2.45) is 0 Å². The Kier molecular flexibility index (Phi) is 3.52. The third-order valence-electron chi connectivity index (χ3n) is 2.83. The molecule has 92 valence electrons. The molecule has 0 aliphatic heterocycles. The predicted octanol–water partition coefficient (Wildman–Crippen LogP) is 4.55. The molecule has 1 aliphatic carbocycles. The van der Waals surface area contributed by atoms with Crippen LogP contribution in [0.15, 0.2) is 54.6 Å². The highest BCUT2D eigenvalue weighted by atomic mass is 16.3. The number of aromatic hydroxyl groups is 1. The van der Waals surface area contributed by atoms with Crippen molar-refractivity contribution in [1.82, 2.24) is 0 Å². The van der Waals surface area contributed by atoms with Crippen LogP contribution in [0.5, 0.6) is 5.75 Å². The lowest BCUT2D eigenvalue weighted by Crippen LogP contribution is -1.80. The van der Waals surface area contributed by atoms with Crippen LogP contribution in [0.25, 0.3) is 11.1 Å². The number of rotatable bonds is 0. The van der Waals surface area contributed by atoms with E-state index in [1.165, 1.54) is 22.3 Å². The summed E-state index contributed by atoms with van der Waals surface area (Å²) >= 11 is 0. The van der Waals surface area contributed by atoms with Gasteiger partial charge in [-0.1, -0.05) is 42.0 Å². The fourth-order valence-corrected chi connectivity index (χ4v) is 2.14. The summed E-state index contributed by atoms with van der Waals surface area (Å²) < 4.78 is 0. The number of phenols is 1. The van der Waals surface area contributed by atoms with Crippen molar-refractivity contribution in [3.63, 3.8) is 0 Å². The molecule has 0 spiro atoms. The molecule has 0 amide bonds. The van der Waals surface area contributed by atoms with E-state index in [2.05, 4.69) is 24.8 Å². The van der Waals surface area contributed by atoms with Gasteiger partial charge in [0.05, 0.1) is 0 Å². The molecule has 0 saturated carbocycles. The van der Waals surface area contributed by atoms with E-state index in [1.54, 1.807) is 6.07 Å². The molecule has 0 saturated heterocycles. The molecule has 18 heavy (non-hydrogen) atoms. The SMILES string of the molecule is C=C(C)C.Oc1cccc2c1Cc1ccccc1-2. The average molecular weight is 238 g/mol. The summed E-state index contributed by atoms with van der Waals surface area (Å²) in [5, 5.41) is 9.70.